The summed E-state index contributed by atoms with van der Waals surface area (Å²) in [7, 11) is 0. The average molecular weight is 391 g/mol. The molecule has 0 saturated heterocycles. The van der Waals surface area contributed by atoms with E-state index in [1.54, 1.807) is 11.8 Å². The molecule has 1 aliphatic carbocycles. The zero-order valence-electron chi connectivity index (χ0n) is 17.0. The zero-order valence-corrected chi connectivity index (χ0v) is 17.9. The highest BCUT2D eigenvalue weighted by Gasteiger charge is 2.31. The van der Waals surface area contributed by atoms with Crippen molar-refractivity contribution in [2.24, 2.45) is 11.8 Å². The van der Waals surface area contributed by atoms with Gasteiger partial charge in [0.2, 0.25) is 11.8 Å². The topological polar surface area (TPSA) is 58.2 Å². The Hall–Kier alpha value is -1.49. The molecule has 1 aromatic carbocycles. The number of benzene rings is 1. The van der Waals surface area contributed by atoms with Crippen LogP contribution in [-0.2, 0) is 15.3 Å². The van der Waals surface area contributed by atoms with Gasteiger partial charge in [-0.25, -0.2) is 0 Å². The summed E-state index contributed by atoms with van der Waals surface area (Å²) in [6.45, 7) is 8.17. The van der Waals surface area contributed by atoms with Crippen molar-refractivity contribution in [3.05, 3.63) is 35.9 Å². The van der Waals surface area contributed by atoms with Crippen molar-refractivity contribution in [1.82, 2.24) is 10.6 Å². The van der Waals surface area contributed by atoms with Gasteiger partial charge in [0.25, 0.3) is 0 Å². The summed E-state index contributed by atoms with van der Waals surface area (Å²) in [6.07, 6.45) is 3.62. The SMILES string of the molecule is CC(C)NC(=O)C1CCCC(NC(=O)C(SCc2ccccc2)C(C)C)C1. The van der Waals surface area contributed by atoms with Crippen LogP contribution in [0.3, 0.4) is 0 Å². The highest BCUT2D eigenvalue weighted by molar-refractivity contribution is 7.99. The second kappa shape index (κ2) is 10.7. The summed E-state index contributed by atoms with van der Waals surface area (Å²) in [5.41, 5.74) is 1.24. The summed E-state index contributed by atoms with van der Waals surface area (Å²) < 4.78 is 0. The van der Waals surface area contributed by atoms with Gasteiger partial charge in [0, 0.05) is 23.8 Å². The minimum Gasteiger partial charge on any atom is -0.354 e. The molecule has 3 unspecified atom stereocenters. The van der Waals surface area contributed by atoms with Gasteiger partial charge in [-0.2, -0.15) is 0 Å². The van der Waals surface area contributed by atoms with Gasteiger partial charge in [-0.3, -0.25) is 9.59 Å². The van der Waals surface area contributed by atoms with Crippen LogP contribution in [0.2, 0.25) is 0 Å². The first-order valence-corrected chi connectivity index (χ1v) is 11.2. The van der Waals surface area contributed by atoms with Crippen molar-refractivity contribution < 1.29 is 9.59 Å². The van der Waals surface area contributed by atoms with E-state index >= 15 is 0 Å². The van der Waals surface area contributed by atoms with Crippen LogP contribution in [0.5, 0.6) is 0 Å². The third kappa shape index (κ3) is 7.21. The molecule has 2 rings (SSSR count). The average Bonchev–Trinajstić information content (AvgIpc) is 2.62. The molecule has 5 heteroatoms. The molecule has 0 heterocycles. The van der Waals surface area contributed by atoms with Crippen molar-refractivity contribution in [3.63, 3.8) is 0 Å². The summed E-state index contributed by atoms with van der Waals surface area (Å²) in [4.78, 5) is 25.2. The first-order chi connectivity index (χ1) is 12.9. The molecule has 2 N–H and O–H groups in total. The quantitative estimate of drug-likeness (QED) is 0.701. The van der Waals surface area contributed by atoms with Crippen LogP contribution in [0.1, 0.15) is 58.9 Å². The smallest absolute Gasteiger partial charge is 0.233 e. The number of hydrogen-bond donors (Lipinski definition) is 2. The number of nitrogens with one attached hydrogen (secondary N) is 2. The predicted molar refractivity (Wildman–Crippen MR) is 114 cm³/mol. The number of rotatable bonds is 8. The van der Waals surface area contributed by atoms with Crippen LogP contribution in [0.15, 0.2) is 30.3 Å². The van der Waals surface area contributed by atoms with Crippen LogP contribution in [0.25, 0.3) is 0 Å². The van der Waals surface area contributed by atoms with Gasteiger partial charge in [-0.15, -0.1) is 11.8 Å². The fourth-order valence-corrected chi connectivity index (χ4v) is 4.74. The molecule has 1 aromatic rings. The molecule has 1 saturated carbocycles. The Bertz CT molecular complexity index is 604. The number of carbonyl (C=O) groups is 2. The van der Waals surface area contributed by atoms with Crippen molar-refractivity contribution >= 4 is 23.6 Å². The Morgan fingerprint density at radius 3 is 2.44 bits per heavy atom. The van der Waals surface area contributed by atoms with Crippen molar-refractivity contribution in [3.8, 4) is 0 Å². The van der Waals surface area contributed by atoms with E-state index in [2.05, 4.69) is 36.6 Å². The van der Waals surface area contributed by atoms with Gasteiger partial charge in [-0.05, 0) is 44.6 Å². The molecule has 3 atom stereocenters. The number of thioether (sulfide) groups is 1. The van der Waals surface area contributed by atoms with Crippen LogP contribution >= 0.6 is 11.8 Å². The van der Waals surface area contributed by atoms with Crippen LogP contribution in [0, 0.1) is 11.8 Å². The standard InChI is InChI=1S/C22H34N2O2S/c1-15(2)20(27-14-17-9-6-5-7-10-17)22(26)24-19-12-8-11-18(13-19)21(25)23-16(3)4/h5-7,9-10,15-16,18-20H,8,11-14H2,1-4H3,(H,23,25)(H,24,26). The Morgan fingerprint density at radius 2 is 1.81 bits per heavy atom. The molecule has 0 aliphatic heterocycles. The number of amides is 2. The maximum Gasteiger partial charge on any atom is 0.233 e. The lowest BCUT2D eigenvalue weighted by Crippen LogP contribution is -2.46. The summed E-state index contributed by atoms with van der Waals surface area (Å²) >= 11 is 1.70. The maximum absolute atomic E-state index is 12.9. The fourth-order valence-electron chi connectivity index (χ4n) is 3.58. The molecule has 1 fully saturated rings. The van der Waals surface area contributed by atoms with Gasteiger partial charge in [0.1, 0.15) is 0 Å². The Kier molecular flexibility index (Phi) is 8.68. The second-order valence-corrected chi connectivity index (χ2v) is 9.32. The van der Waals surface area contributed by atoms with Gasteiger partial charge >= 0.3 is 0 Å². The zero-order chi connectivity index (χ0) is 19.8. The Balaban J connectivity index is 1.89. The first-order valence-electron chi connectivity index (χ1n) is 10.1. The summed E-state index contributed by atoms with van der Waals surface area (Å²) in [5, 5.41) is 6.17. The predicted octanol–water partition coefficient (Wildman–Crippen LogP) is 4.14. The molecule has 4 nitrogen and oxygen atoms in total. The van der Waals surface area contributed by atoms with E-state index in [0.717, 1.165) is 31.4 Å². The van der Waals surface area contributed by atoms with Gasteiger partial charge < -0.3 is 10.6 Å². The molecule has 27 heavy (non-hydrogen) atoms. The molecule has 0 bridgehead atoms. The molecule has 150 valence electrons. The largest absolute Gasteiger partial charge is 0.354 e. The molecule has 1 aliphatic rings. The monoisotopic (exact) mass is 390 g/mol. The second-order valence-electron chi connectivity index (χ2n) is 8.19. The van der Waals surface area contributed by atoms with E-state index in [1.165, 1.54) is 5.56 Å². The van der Waals surface area contributed by atoms with E-state index in [-0.39, 0.29) is 41.0 Å². The van der Waals surface area contributed by atoms with E-state index in [4.69, 9.17) is 0 Å². The minimum atomic E-state index is -0.0740. The molecular formula is C22H34N2O2S. The lowest BCUT2D eigenvalue weighted by Gasteiger charge is -2.31. The van der Waals surface area contributed by atoms with Crippen LogP contribution in [0.4, 0.5) is 0 Å². The Labute approximate surface area is 168 Å². The third-order valence-corrected chi connectivity index (χ3v) is 6.58. The first kappa shape index (κ1) is 21.8. The van der Waals surface area contributed by atoms with E-state index in [9.17, 15) is 9.59 Å². The van der Waals surface area contributed by atoms with E-state index < -0.39 is 0 Å². The van der Waals surface area contributed by atoms with Crippen LogP contribution < -0.4 is 10.6 Å². The highest BCUT2D eigenvalue weighted by atomic mass is 32.2. The lowest BCUT2D eigenvalue weighted by molar-refractivity contribution is -0.128. The molecule has 0 spiro atoms. The molecular weight excluding hydrogens is 356 g/mol. The molecule has 0 radical (unpaired) electrons. The highest BCUT2D eigenvalue weighted by Crippen LogP contribution is 2.27. The van der Waals surface area contributed by atoms with Gasteiger partial charge in [-0.1, -0.05) is 50.6 Å². The van der Waals surface area contributed by atoms with Crippen molar-refractivity contribution in [1.29, 1.82) is 0 Å². The maximum atomic E-state index is 12.9. The Morgan fingerprint density at radius 1 is 1.11 bits per heavy atom. The van der Waals surface area contributed by atoms with Crippen molar-refractivity contribution in [2.75, 3.05) is 0 Å². The molecule has 0 aromatic heterocycles. The van der Waals surface area contributed by atoms with Gasteiger partial charge in [0.05, 0.1) is 5.25 Å². The van der Waals surface area contributed by atoms with Crippen LogP contribution in [-0.4, -0.2) is 29.1 Å². The van der Waals surface area contributed by atoms with Crippen molar-refractivity contribution in [2.45, 2.75) is 76.5 Å². The summed E-state index contributed by atoms with van der Waals surface area (Å²) in [5.74, 6) is 1.35. The fraction of sp³-hybridized carbons (Fsp3) is 0.636. The van der Waals surface area contributed by atoms with E-state index in [0.29, 0.717) is 0 Å². The minimum absolute atomic E-state index is 0.0147. The lowest BCUT2D eigenvalue weighted by atomic mass is 9.85. The van der Waals surface area contributed by atoms with E-state index in [1.807, 2.05) is 32.0 Å². The number of carbonyl (C=O) groups excluding carboxylic acids is 2. The third-order valence-electron chi connectivity index (χ3n) is 4.96. The summed E-state index contributed by atoms with van der Waals surface area (Å²) in [6, 6.07) is 10.5. The number of hydrogen-bond acceptors (Lipinski definition) is 3. The molecule has 2 amide bonds. The normalized spacial score (nSPS) is 21.1. The van der Waals surface area contributed by atoms with Gasteiger partial charge in [0.15, 0.2) is 0 Å².